The van der Waals surface area contributed by atoms with Gasteiger partial charge in [-0.2, -0.15) is 0 Å². The molecule has 7 heteroatoms. The molecule has 1 amide bonds. The van der Waals surface area contributed by atoms with E-state index in [1.54, 1.807) is 11.1 Å². The van der Waals surface area contributed by atoms with E-state index < -0.39 is 35.6 Å². The number of benzene rings is 2. The zero-order valence-electron chi connectivity index (χ0n) is 20.0. The zero-order valence-corrected chi connectivity index (χ0v) is 20.0. The molecule has 5 nitrogen and oxygen atoms in total. The maximum atomic E-state index is 14.7. The average Bonchev–Trinajstić information content (AvgIpc) is 3.19. The first kappa shape index (κ1) is 25.6. The zero-order chi connectivity index (χ0) is 24.9. The van der Waals surface area contributed by atoms with Gasteiger partial charge in [0, 0.05) is 36.1 Å². The fourth-order valence-corrected chi connectivity index (χ4v) is 4.36. The molecule has 0 aliphatic carbocycles. The first-order chi connectivity index (χ1) is 16.2. The Morgan fingerprint density at radius 1 is 1.12 bits per heavy atom. The van der Waals surface area contributed by atoms with Crippen molar-refractivity contribution >= 4 is 5.91 Å². The molecule has 3 N–H and O–H groups in total. The van der Waals surface area contributed by atoms with Crippen LogP contribution in [0, 0.1) is 17.0 Å². The lowest BCUT2D eigenvalue weighted by Crippen LogP contribution is -2.44. The van der Waals surface area contributed by atoms with E-state index in [9.17, 15) is 18.7 Å². The molecule has 3 rings (SSSR count). The van der Waals surface area contributed by atoms with Gasteiger partial charge in [0.25, 0.3) is 0 Å². The summed E-state index contributed by atoms with van der Waals surface area (Å²) >= 11 is 0. The maximum absolute atomic E-state index is 14.7. The Morgan fingerprint density at radius 3 is 2.44 bits per heavy atom. The van der Waals surface area contributed by atoms with Crippen molar-refractivity contribution in [2.75, 3.05) is 19.7 Å². The maximum Gasteiger partial charge on any atom is 0.248 e. The van der Waals surface area contributed by atoms with E-state index in [0.717, 1.165) is 23.4 Å². The Bertz CT molecular complexity index is 1110. The summed E-state index contributed by atoms with van der Waals surface area (Å²) in [4.78, 5) is 14.5. The largest absolute Gasteiger partial charge is 0.387 e. The van der Waals surface area contributed by atoms with Crippen LogP contribution < -0.4 is 5.73 Å². The summed E-state index contributed by atoms with van der Waals surface area (Å²) in [6, 6.07) is 14.6. The molecule has 0 aliphatic rings. The smallest absolute Gasteiger partial charge is 0.248 e. The highest BCUT2D eigenvalue weighted by atomic mass is 19.1. The van der Waals surface area contributed by atoms with Gasteiger partial charge in [-0.25, -0.2) is 8.78 Å². The summed E-state index contributed by atoms with van der Waals surface area (Å²) in [6.45, 7) is 6.68. The second-order valence-corrected chi connectivity index (χ2v) is 9.55. The van der Waals surface area contributed by atoms with Crippen molar-refractivity contribution in [2.24, 2.45) is 11.1 Å². The van der Waals surface area contributed by atoms with E-state index in [1.165, 1.54) is 6.07 Å². The van der Waals surface area contributed by atoms with E-state index in [0.29, 0.717) is 31.6 Å². The normalized spacial score (nSPS) is 12.6. The van der Waals surface area contributed by atoms with Crippen LogP contribution in [0.5, 0.6) is 0 Å². The second-order valence-electron chi connectivity index (χ2n) is 9.55. The quantitative estimate of drug-likeness (QED) is 0.476. The van der Waals surface area contributed by atoms with Gasteiger partial charge in [0.1, 0.15) is 18.2 Å². The topological polar surface area (TPSA) is 71.5 Å². The molecule has 0 bridgehead atoms. The number of hydrogen-bond acceptors (Lipinski definition) is 3. The molecule has 34 heavy (non-hydrogen) atoms. The molecule has 0 saturated heterocycles. The van der Waals surface area contributed by atoms with Crippen molar-refractivity contribution < 1.29 is 18.7 Å². The van der Waals surface area contributed by atoms with Crippen LogP contribution in [-0.4, -0.2) is 40.2 Å². The summed E-state index contributed by atoms with van der Waals surface area (Å²) in [6.07, 6.45) is 2.37. The minimum atomic E-state index is -0.623. The number of rotatable bonds is 9. The Hall–Kier alpha value is -3.03. The number of aromatic nitrogens is 1. The van der Waals surface area contributed by atoms with Gasteiger partial charge in [-0.1, -0.05) is 51.1 Å². The Labute approximate surface area is 199 Å². The van der Waals surface area contributed by atoms with Gasteiger partial charge in [0.05, 0.1) is 6.04 Å². The van der Waals surface area contributed by atoms with Gasteiger partial charge in [-0.15, -0.1) is 0 Å². The first-order valence-corrected chi connectivity index (χ1v) is 11.5. The lowest BCUT2D eigenvalue weighted by molar-refractivity contribution is -0.139. The number of nitrogens with zero attached hydrogens (tertiary/aromatic N) is 2. The van der Waals surface area contributed by atoms with Gasteiger partial charge < -0.3 is 20.3 Å². The van der Waals surface area contributed by atoms with Crippen LogP contribution in [0.2, 0.25) is 0 Å². The molecule has 1 aromatic heterocycles. The molecular weight excluding hydrogens is 436 g/mol. The molecule has 1 atom stereocenters. The Kier molecular flexibility index (Phi) is 8.23. The number of halogens is 2. The van der Waals surface area contributed by atoms with Gasteiger partial charge in [0.15, 0.2) is 0 Å². The third-order valence-corrected chi connectivity index (χ3v) is 5.84. The highest BCUT2D eigenvalue weighted by Gasteiger charge is 2.36. The minimum absolute atomic E-state index is 0.155. The van der Waals surface area contributed by atoms with Crippen molar-refractivity contribution in [3.63, 3.8) is 0 Å². The summed E-state index contributed by atoms with van der Waals surface area (Å²) in [7, 11) is 0. The number of hydrogen-bond donors (Lipinski definition) is 2. The van der Waals surface area contributed by atoms with Crippen LogP contribution in [0.4, 0.5) is 8.78 Å². The van der Waals surface area contributed by atoms with Crippen molar-refractivity contribution in [1.29, 1.82) is 0 Å². The molecule has 0 saturated carbocycles. The third-order valence-electron chi connectivity index (χ3n) is 5.84. The summed E-state index contributed by atoms with van der Waals surface area (Å²) in [5.74, 6) is -1.45. The van der Waals surface area contributed by atoms with Crippen LogP contribution >= 0.6 is 0 Å². The first-order valence-electron chi connectivity index (χ1n) is 11.5. The van der Waals surface area contributed by atoms with Crippen LogP contribution in [0.25, 0.3) is 11.1 Å². The minimum Gasteiger partial charge on any atom is -0.387 e. The third kappa shape index (κ3) is 5.90. The fourth-order valence-electron chi connectivity index (χ4n) is 4.36. The molecule has 1 heterocycles. The van der Waals surface area contributed by atoms with E-state index in [2.05, 4.69) is 0 Å². The van der Waals surface area contributed by atoms with Crippen molar-refractivity contribution in [3.05, 3.63) is 83.7 Å². The van der Waals surface area contributed by atoms with E-state index >= 15 is 0 Å². The lowest BCUT2D eigenvalue weighted by atomic mass is 9.83. The molecular formula is C27H33F2N3O2. The standard InChI is InChI=1S/C27H33F2N3O2/c1-27(2,3)26(32(13-7-12-30)25(34)18-33)24-14-20(22-15-21(28)10-11-23(22)29)17-31(24)16-19-8-5-4-6-9-19/h4-6,8-11,14-15,17,26,33H,7,12-13,16,18,30H2,1-3H3/t26-/m0/s1. The molecule has 0 radical (unpaired) electrons. The molecule has 2 aromatic carbocycles. The fraction of sp³-hybridized carbons (Fsp3) is 0.370. The van der Waals surface area contributed by atoms with Crippen LogP contribution in [0.3, 0.4) is 0 Å². The van der Waals surface area contributed by atoms with E-state index in [-0.39, 0.29) is 5.56 Å². The SMILES string of the molecule is CC(C)(C)[C@H](c1cc(-c2cc(F)ccc2F)cn1Cc1ccccc1)N(CCCN)C(=O)CO. The predicted octanol–water partition coefficient (Wildman–Crippen LogP) is 4.74. The molecule has 0 aliphatic heterocycles. The highest BCUT2D eigenvalue weighted by molar-refractivity contribution is 5.78. The molecule has 3 aromatic rings. The molecule has 182 valence electrons. The number of carbonyl (C=O) groups excluding carboxylic acids is 1. The van der Waals surface area contributed by atoms with E-state index in [4.69, 9.17) is 5.73 Å². The number of carbonyl (C=O) groups is 1. The molecule has 0 unspecified atom stereocenters. The van der Waals surface area contributed by atoms with Crippen molar-refractivity contribution in [3.8, 4) is 11.1 Å². The Morgan fingerprint density at radius 2 is 1.82 bits per heavy atom. The average molecular weight is 470 g/mol. The van der Waals surface area contributed by atoms with Crippen molar-refractivity contribution in [1.82, 2.24) is 9.47 Å². The Balaban J connectivity index is 2.20. The van der Waals surface area contributed by atoms with Crippen LogP contribution in [0.1, 0.15) is 44.5 Å². The summed E-state index contributed by atoms with van der Waals surface area (Å²) in [5, 5.41) is 9.70. The monoisotopic (exact) mass is 469 g/mol. The van der Waals surface area contributed by atoms with Gasteiger partial charge in [-0.3, -0.25) is 4.79 Å². The second kappa shape index (κ2) is 10.9. The lowest BCUT2D eigenvalue weighted by Gasteiger charge is -2.40. The van der Waals surface area contributed by atoms with E-state index in [1.807, 2.05) is 61.7 Å². The number of nitrogens with two attached hydrogens (primary N) is 1. The van der Waals surface area contributed by atoms with Gasteiger partial charge >= 0.3 is 0 Å². The van der Waals surface area contributed by atoms with Crippen LogP contribution in [-0.2, 0) is 11.3 Å². The summed E-state index contributed by atoms with van der Waals surface area (Å²) < 4.78 is 30.6. The number of aliphatic hydroxyl groups excluding tert-OH is 1. The molecule has 0 fully saturated rings. The number of aliphatic hydroxyl groups is 1. The predicted molar refractivity (Wildman–Crippen MR) is 130 cm³/mol. The van der Waals surface area contributed by atoms with Crippen molar-refractivity contribution in [2.45, 2.75) is 39.8 Å². The van der Waals surface area contributed by atoms with Gasteiger partial charge in [-0.05, 0) is 48.2 Å². The van der Waals surface area contributed by atoms with Crippen LogP contribution in [0.15, 0.2) is 60.8 Å². The highest BCUT2D eigenvalue weighted by Crippen LogP contribution is 2.41. The molecule has 0 spiro atoms. The van der Waals surface area contributed by atoms with Gasteiger partial charge in [0.2, 0.25) is 5.91 Å². The number of amides is 1. The summed E-state index contributed by atoms with van der Waals surface area (Å²) in [5.41, 5.74) is 7.78.